The van der Waals surface area contributed by atoms with Crippen molar-refractivity contribution in [1.82, 2.24) is 20.1 Å². The van der Waals surface area contributed by atoms with Gasteiger partial charge in [0, 0.05) is 30.7 Å². The van der Waals surface area contributed by atoms with Crippen LogP contribution in [0.25, 0.3) is 16.9 Å². The molecule has 4 aromatic rings. The molecule has 2 aromatic heterocycles. The molecule has 0 fully saturated rings. The number of amides is 1. The second kappa shape index (κ2) is 8.43. The fourth-order valence-electron chi connectivity index (χ4n) is 3.10. The summed E-state index contributed by atoms with van der Waals surface area (Å²) in [7, 11) is 0. The molecule has 0 aliphatic rings. The van der Waals surface area contributed by atoms with E-state index >= 15 is 0 Å². The standard InChI is InChI=1S/C23H17F3N4O/c24-23(25,26)18-8-4-6-16(12-18)13-28-22(31)20-15-30(19-9-2-1-3-10-19)29-21(20)17-7-5-11-27-14-17/h1-12,14-15H,13H2,(H,28,31). The van der Waals surface area contributed by atoms with Gasteiger partial charge >= 0.3 is 6.18 Å². The van der Waals surface area contributed by atoms with Crippen molar-refractivity contribution >= 4 is 5.91 Å². The second-order valence-corrected chi connectivity index (χ2v) is 6.79. The number of hydrogen-bond donors (Lipinski definition) is 1. The summed E-state index contributed by atoms with van der Waals surface area (Å²) in [6.45, 7) is -0.0499. The number of benzene rings is 2. The van der Waals surface area contributed by atoms with Crippen molar-refractivity contribution in [3.05, 3.63) is 102 Å². The highest BCUT2D eigenvalue weighted by molar-refractivity contribution is 5.99. The fourth-order valence-corrected chi connectivity index (χ4v) is 3.10. The lowest BCUT2D eigenvalue weighted by Gasteiger charge is -2.09. The minimum absolute atomic E-state index is 0.0499. The second-order valence-electron chi connectivity index (χ2n) is 6.79. The molecule has 0 aliphatic carbocycles. The van der Waals surface area contributed by atoms with Gasteiger partial charge in [0.2, 0.25) is 0 Å². The monoisotopic (exact) mass is 422 g/mol. The van der Waals surface area contributed by atoms with Gasteiger partial charge in [-0.05, 0) is 42.0 Å². The maximum Gasteiger partial charge on any atom is 0.416 e. The molecule has 2 aromatic carbocycles. The van der Waals surface area contributed by atoms with E-state index in [-0.39, 0.29) is 6.54 Å². The SMILES string of the molecule is O=C(NCc1cccc(C(F)(F)F)c1)c1cn(-c2ccccc2)nc1-c1cccnc1. The van der Waals surface area contributed by atoms with E-state index in [0.717, 1.165) is 17.8 Å². The number of pyridine rings is 1. The minimum Gasteiger partial charge on any atom is -0.348 e. The van der Waals surface area contributed by atoms with Crippen LogP contribution in [-0.2, 0) is 12.7 Å². The van der Waals surface area contributed by atoms with E-state index < -0.39 is 17.6 Å². The van der Waals surface area contributed by atoms with Crippen LogP contribution in [0, 0.1) is 0 Å². The van der Waals surface area contributed by atoms with Crippen LogP contribution in [0.2, 0.25) is 0 Å². The topological polar surface area (TPSA) is 59.8 Å². The minimum atomic E-state index is -4.44. The Bertz CT molecular complexity index is 1190. The average Bonchev–Trinajstić information content (AvgIpc) is 3.24. The van der Waals surface area contributed by atoms with Gasteiger partial charge < -0.3 is 5.32 Å². The van der Waals surface area contributed by atoms with Gasteiger partial charge in [-0.1, -0.05) is 30.3 Å². The Morgan fingerprint density at radius 3 is 2.52 bits per heavy atom. The first-order valence-corrected chi connectivity index (χ1v) is 9.41. The van der Waals surface area contributed by atoms with Gasteiger partial charge in [0.25, 0.3) is 5.91 Å². The molecule has 0 bridgehead atoms. The Balaban J connectivity index is 1.62. The lowest BCUT2D eigenvalue weighted by atomic mass is 10.1. The number of hydrogen-bond acceptors (Lipinski definition) is 3. The molecule has 0 unspecified atom stereocenters. The number of rotatable bonds is 5. The number of carbonyl (C=O) groups is 1. The molecule has 0 aliphatic heterocycles. The highest BCUT2D eigenvalue weighted by Crippen LogP contribution is 2.29. The Hall–Kier alpha value is -3.94. The predicted octanol–water partition coefficient (Wildman–Crippen LogP) is 4.88. The summed E-state index contributed by atoms with van der Waals surface area (Å²) in [5.74, 6) is -0.446. The van der Waals surface area contributed by atoms with Gasteiger partial charge in [0.05, 0.1) is 16.8 Å². The van der Waals surface area contributed by atoms with Crippen LogP contribution in [-0.4, -0.2) is 20.7 Å². The molecule has 4 rings (SSSR count). The summed E-state index contributed by atoms with van der Waals surface area (Å²) in [6.07, 6.45) is 0.371. The van der Waals surface area contributed by atoms with Crippen LogP contribution in [0.4, 0.5) is 13.2 Å². The summed E-state index contributed by atoms with van der Waals surface area (Å²) in [5.41, 5.74) is 1.74. The largest absolute Gasteiger partial charge is 0.416 e. The summed E-state index contributed by atoms with van der Waals surface area (Å²) in [4.78, 5) is 17.0. The van der Waals surface area contributed by atoms with E-state index in [1.807, 2.05) is 30.3 Å². The third-order valence-corrected chi connectivity index (χ3v) is 4.62. The number of alkyl halides is 3. The first-order chi connectivity index (χ1) is 14.9. The summed E-state index contributed by atoms with van der Waals surface area (Å²) < 4.78 is 40.4. The van der Waals surface area contributed by atoms with Gasteiger partial charge in [0.1, 0.15) is 5.69 Å². The van der Waals surface area contributed by atoms with Gasteiger partial charge in [-0.25, -0.2) is 4.68 Å². The molecule has 0 atom stereocenters. The number of nitrogens with one attached hydrogen (secondary N) is 1. The zero-order valence-electron chi connectivity index (χ0n) is 16.2. The predicted molar refractivity (Wildman–Crippen MR) is 109 cm³/mol. The first-order valence-electron chi connectivity index (χ1n) is 9.41. The molecule has 0 spiro atoms. The fraction of sp³-hybridized carbons (Fsp3) is 0.0870. The van der Waals surface area contributed by atoms with E-state index in [9.17, 15) is 18.0 Å². The molecule has 8 heteroatoms. The average molecular weight is 422 g/mol. The quantitative estimate of drug-likeness (QED) is 0.499. The molecular formula is C23H17F3N4O. The van der Waals surface area contributed by atoms with Crippen molar-refractivity contribution < 1.29 is 18.0 Å². The molecule has 0 saturated heterocycles. The van der Waals surface area contributed by atoms with E-state index in [2.05, 4.69) is 15.4 Å². The molecule has 2 heterocycles. The number of halogens is 3. The Morgan fingerprint density at radius 1 is 1.00 bits per heavy atom. The lowest BCUT2D eigenvalue weighted by molar-refractivity contribution is -0.137. The zero-order chi connectivity index (χ0) is 21.8. The molecule has 1 N–H and O–H groups in total. The zero-order valence-corrected chi connectivity index (χ0v) is 16.2. The Kier molecular flexibility index (Phi) is 5.53. The van der Waals surface area contributed by atoms with E-state index in [1.54, 1.807) is 35.4 Å². The third kappa shape index (κ3) is 4.63. The van der Waals surface area contributed by atoms with Gasteiger partial charge in [-0.15, -0.1) is 0 Å². The molecule has 0 saturated carbocycles. The van der Waals surface area contributed by atoms with Crippen LogP contribution >= 0.6 is 0 Å². The van der Waals surface area contributed by atoms with Gasteiger partial charge in [-0.2, -0.15) is 18.3 Å². The van der Waals surface area contributed by atoms with Crippen LogP contribution in [0.1, 0.15) is 21.5 Å². The smallest absolute Gasteiger partial charge is 0.348 e. The van der Waals surface area contributed by atoms with Gasteiger partial charge in [-0.3, -0.25) is 9.78 Å². The number of carbonyl (C=O) groups excluding carboxylic acids is 1. The maximum absolute atomic E-state index is 12.9. The highest BCUT2D eigenvalue weighted by atomic mass is 19.4. The maximum atomic E-state index is 12.9. The molecule has 1 amide bonds. The first kappa shape index (κ1) is 20.3. The van der Waals surface area contributed by atoms with E-state index in [4.69, 9.17) is 0 Å². The van der Waals surface area contributed by atoms with Crippen LogP contribution in [0.3, 0.4) is 0 Å². The number of nitrogens with zero attached hydrogens (tertiary/aromatic N) is 3. The Morgan fingerprint density at radius 2 is 1.81 bits per heavy atom. The summed E-state index contributed by atoms with van der Waals surface area (Å²) in [6, 6.07) is 17.7. The number of para-hydroxylation sites is 1. The molecule has 31 heavy (non-hydrogen) atoms. The van der Waals surface area contributed by atoms with Crippen molar-refractivity contribution in [2.75, 3.05) is 0 Å². The summed E-state index contributed by atoms with van der Waals surface area (Å²) in [5, 5.41) is 7.23. The third-order valence-electron chi connectivity index (χ3n) is 4.62. The molecule has 0 radical (unpaired) electrons. The van der Waals surface area contributed by atoms with Crippen molar-refractivity contribution in [3.63, 3.8) is 0 Å². The summed E-state index contributed by atoms with van der Waals surface area (Å²) >= 11 is 0. The van der Waals surface area contributed by atoms with E-state index in [0.29, 0.717) is 22.4 Å². The highest BCUT2D eigenvalue weighted by Gasteiger charge is 2.30. The Labute approximate surface area is 176 Å². The van der Waals surface area contributed by atoms with Crippen molar-refractivity contribution in [1.29, 1.82) is 0 Å². The van der Waals surface area contributed by atoms with Crippen LogP contribution in [0.5, 0.6) is 0 Å². The van der Waals surface area contributed by atoms with Crippen LogP contribution < -0.4 is 5.32 Å². The molecule has 156 valence electrons. The van der Waals surface area contributed by atoms with Crippen LogP contribution in [0.15, 0.2) is 85.3 Å². The van der Waals surface area contributed by atoms with Gasteiger partial charge in [0.15, 0.2) is 0 Å². The van der Waals surface area contributed by atoms with Crippen molar-refractivity contribution in [2.45, 2.75) is 12.7 Å². The van der Waals surface area contributed by atoms with Crippen molar-refractivity contribution in [2.24, 2.45) is 0 Å². The normalized spacial score (nSPS) is 11.3. The van der Waals surface area contributed by atoms with E-state index in [1.165, 1.54) is 12.1 Å². The lowest BCUT2D eigenvalue weighted by Crippen LogP contribution is -2.23. The number of aromatic nitrogens is 3. The molecule has 5 nitrogen and oxygen atoms in total. The van der Waals surface area contributed by atoms with Crippen molar-refractivity contribution in [3.8, 4) is 16.9 Å². The molecular weight excluding hydrogens is 405 g/mol.